The zero-order valence-corrected chi connectivity index (χ0v) is 12.2. The number of hydrogen-bond acceptors (Lipinski definition) is 5. The van der Waals surface area contributed by atoms with Crippen LogP contribution in [0.1, 0.15) is 6.92 Å². The summed E-state index contributed by atoms with van der Waals surface area (Å²) >= 11 is 1.28. The fourth-order valence-electron chi connectivity index (χ4n) is 1.50. The first kappa shape index (κ1) is 15.0. The van der Waals surface area contributed by atoms with Gasteiger partial charge in [0, 0.05) is 12.6 Å². The van der Waals surface area contributed by atoms with Crippen molar-refractivity contribution < 1.29 is 9.59 Å². The molecule has 2 amide bonds. The van der Waals surface area contributed by atoms with Gasteiger partial charge in [-0.15, -0.1) is 10.2 Å². The highest BCUT2D eigenvalue weighted by Gasteiger charge is 2.05. The van der Waals surface area contributed by atoms with Crippen LogP contribution in [0, 0.1) is 0 Å². The Labute approximate surface area is 126 Å². The van der Waals surface area contributed by atoms with E-state index in [1.165, 1.54) is 18.7 Å². The van der Waals surface area contributed by atoms with E-state index in [1.807, 2.05) is 30.3 Å². The number of nitrogens with one attached hydrogen (secondary N) is 2. The van der Waals surface area contributed by atoms with E-state index in [4.69, 9.17) is 0 Å². The Balaban J connectivity index is 1.82. The number of anilines is 2. The van der Waals surface area contributed by atoms with Gasteiger partial charge in [-0.3, -0.25) is 9.59 Å². The Bertz CT molecular complexity index is 617. The molecule has 1 heterocycles. The topological polar surface area (TPSA) is 84.0 Å². The van der Waals surface area contributed by atoms with Crippen molar-refractivity contribution >= 4 is 35.1 Å². The van der Waals surface area contributed by atoms with Gasteiger partial charge in [0.15, 0.2) is 5.82 Å². The molecule has 0 fully saturated rings. The van der Waals surface area contributed by atoms with Crippen LogP contribution in [0.3, 0.4) is 0 Å². The Morgan fingerprint density at radius 3 is 2.43 bits per heavy atom. The largest absolute Gasteiger partial charge is 0.325 e. The quantitative estimate of drug-likeness (QED) is 0.827. The lowest BCUT2D eigenvalue weighted by molar-refractivity contribution is -0.114. The normalized spacial score (nSPS) is 9.95. The minimum Gasteiger partial charge on any atom is -0.325 e. The maximum absolute atomic E-state index is 11.8. The molecule has 2 aromatic rings. The number of benzene rings is 1. The molecular formula is C14H14N4O2S. The van der Waals surface area contributed by atoms with Gasteiger partial charge in [0.1, 0.15) is 5.03 Å². The molecule has 1 aromatic heterocycles. The van der Waals surface area contributed by atoms with Crippen LogP contribution in [0.2, 0.25) is 0 Å². The summed E-state index contributed by atoms with van der Waals surface area (Å²) in [6.45, 7) is 1.40. The van der Waals surface area contributed by atoms with Crippen molar-refractivity contribution in [2.75, 3.05) is 16.4 Å². The van der Waals surface area contributed by atoms with E-state index in [-0.39, 0.29) is 17.6 Å². The molecule has 108 valence electrons. The van der Waals surface area contributed by atoms with Crippen LogP contribution >= 0.6 is 11.8 Å². The second-order valence-corrected chi connectivity index (χ2v) is 5.14. The van der Waals surface area contributed by atoms with Crippen molar-refractivity contribution in [3.63, 3.8) is 0 Å². The zero-order chi connectivity index (χ0) is 15.1. The maximum Gasteiger partial charge on any atom is 0.234 e. The first-order chi connectivity index (χ1) is 10.1. The highest BCUT2D eigenvalue weighted by molar-refractivity contribution is 7.99. The summed E-state index contributed by atoms with van der Waals surface area (Å²) in [5.74, 6) is 0.315. The Morgan fingerprint density at radius 2 is 1.81 bits per heavy atom. The number of carbonyl (C=O) groups is 2. The lowest BCUT2D eigenvalue weighted by Crippen LogP contribution is -2.14. The summed E-state index contributed by atoms with van der Waals surface area (Å²) in [4.78, 5) is 22.6. The average Bonchev–Trinajstić information content (AvgIpc) is 2.47. The Morgan fingerprint density at radius 1 is 1.05 bits per heavy atom. The molecule has 6 nitrogen and oxygen atoms in total. The van der Waals surface area contributed by atoms with Gasteiger partial charge in [0.25, 0.3) is 0 Å². The van der Waals surface area contributed by atoms with Gasteiger partial charge in [-0.1, -0.05) is 30.0 Å². The van der Waals surface area contributed by atoms with Crippen LogP contribution in [0.4, 0.5) is 11.5 Å². The standard InChI is InChI=1S/C14H14N4O2S/c1-10(19)15-12-7-8-14(18-17-12)21-9-13(20)16-11-5-3-2-4-6-11/h2-8H,9H2,1H3,(H,16,20)(H,15,17,19). The molecule has 2 rings (SSSR count). The third kappa shape index (κ3) is 5.23. The SMILES string of the molecule is CC(=O)Nc1ccc(SCC(=O)Nc2ccccc2)nn1. The van der Waals surface area contributed by atoms with Gasteiger partial charge in [0.2, 0.25) is 11.8 Å². The molecule has 0 aliphatic rings. The third-order valence-corrected chi connectivity index (χ3v) is 3.27. The van der Waals surface area contributed by atoms with Crippen LogP contribution in [-0.2, 0) is 9.59 Å². The number of carbonyl (C=O) groups excluding carboxylic acids is 2. The molecule has 0 radical (unpaired) electrons. The minimum absolute atomic E-state index is 0.112. The van der Waals surface area contributed by atoms with Gasteiger partial charge in [-0.25, -0.2) is 0 Å². The average molecular weight is 302 g/mol. The first-order valence-electron chi connectivity index (χ1n) is 6.22. The van der Waals surface area contributed by atoms with Gasteiger partial charge < -0.3 is 10.6 Å². The van der Waals surface area contributed by atoms with Crippen LogP contribution in [0.25, 0.3) is 0 Å². The predicted octanol–water partition coefficient (Wildman–Crippen LogP) is 2.17. The summed E-state index contributed by atoms with van der Waals surface area (Å²) in [5, 5.41) is 13.7. The second kappa shape index (κ2) is 7.39. The fourth-order valence-corrected chi connectivity index (χ4v) is 2.12. The van der Waals surface area contributed by atoms with Crippen molar-refractivity contribution in [3.05, 3.63) is 42.5 Å². The molecule has 0 atom stereocenters. The molecule has 0 aliphatic heterocycles. The van der Waals surface area contributed by atoms with E-state index >= 15 is 0 Å². The molecule has 0 saturated heterocycles. The van der Waals surface area contributed by atoms with Gasteiger partial charge in [-0.2, -0.15) is 0 Å². The summed E-state index contributed by atoms with van der Waals surface area (Å²) in [6.07, 6.45) is 0. The molecule has 7 heteroatoms. The maximum atomic E-state index is 11.8. The van der Waals surface area contributed by atoms with E-state index in [0.717, 1.165) is 5.69 Å². The number of hydrogen-bond donors (Lipinski definition) is 2. The zero-order valence-electron chi connectivity index (χ0n) is 11.4. The Kier molecular flexibility index (Phi) is 5.28. The van der Waals surface area contributed by atoms with Crippen molar-refractivity contribution in [3.8, 4) is 0 Å². The van der Waals surface area contributed by atoms with E-state index in [0.29, 0.717) is 10.8 Å². The first-order valence-corrected chi connectivity index (χ1v) is 7.21. The van der Waals surface area contributed by atoms with Crippen molar-refractivity contribution in [1.29, 1.82) is 0 Å². The lowest BCUT2D eigenvalue weighted by Gasteiger charge is -2.04. The molecule has 2 N–H and O–H groups in total. The van der Waals surface area contributed by atoms with Gasteiger partial charge >= 0.3 is 0 Å². The molecule has 0 spiro atoms. The van der Waals surface area contributed by atoms with Crippen LogP contribution in [0.5, 0.6) is 0 Å². The number of para-hydroxylation sites is 1. The highest BCUT2D eigenvalue weighted by Crippen LogP contribution is 2.16. The lowest BCUT2D eigenvalue weighted by atomic mass is 10.3. The molecule has 0 aliphatic carbocycles. The molecule has 0 unspecified atom stereocenters. The predicted molar refractivity (Wildman–Crippen MR) is 82.1 cm³/mol. The second-order valence-electron chi connectivity index (χ2n) is 4.14. The van der Waals surface area contributed by atoms with Crippen molar-refractivity contribution in [1.82, 2.24) is 10.2 Å². The molecular weight excluding hydrogens is 288 g/mol. The van der Waals surface area contributed by atoms with Crippen LogP contribution < -0.4 is 10.6 Å². The summed E-state index contributed by atoms with van der Waals surface area (Å²) in [7, 11) is 0. The summed E-state index contributed by atoms with van der Waals surface area (Å²) < 4.78 is 0. The van der Waals surface area contributed by atoms with E-state index in [2.05, 4.69) is 20.8 Å². The van der Waals surface area contributed by atoms with E-state index < -0.39 is 0 Å². The number of amides is 2. The Hall–Kier alpha value is -2.41. The fraction of sp³-hybridized carbons (Fsp3) is 0.143. The summed E-state index contributed by atoms with van der Waals surface area (Å²) in [6, 6.07) is 12.6. The number of nitrogens with zero attached hydrogens (tertiary/aromatic N) is 2. The number of thioether (sulfide) groups is 1. The summed E-state index contributed by atoms with van der Waals surface area (Å²) in [5.41, 5.74) is 0.759. The highest BCUT2D eigenvalue weighted by atomic mass is 32.2. The molecule has 0 bridgehead atoms. The van der Waals surface area contributed by atoms with Crippen molar-refractivity contribution in [2.45, 2.75) is 11.9 Å². The van der Waals surface area contributed by atoms with Crippen LogP contribution in [-0.4, -0.2) is 27.8 Å². The van der Waals surface area contributed by atoms with E-state index in [9.17, 15) is 9.59 Å². The molecule has 1 aromatic carbocycles. The van der Waals surface area contributed by atoms with Crippen LogP contribution in [0.15, 0.2) is 47.5 Å². The monoisotopic (exact) mass is 302 g/mol. The number of aromatic nitrogens is 2. The van der Waals surface area contributed by atoms with Crippen molar-refractivity contribution in [2.24, 2.45) is 0 Å². The molecule has 21 heavy (non-hydrogen) atoms. The smallest absolute Gasteiger partial charge is 0.234 e. The van der Waals surface area contributed by atoms with Gasteiger partial charge in [-0.05, 0) is 24.3 Å². The number of rotatable bonds is 5. The third-order valence-electron chi connectivity index (χ3n) is 2.35. The minimum atomic E-state index is -0.202. The van der Waals surface area contributed by atoms with Gasteiger partial charge in [0.05, 0.1) is 5.75 Å². The molecule has 0 saturated carbocycles. The van der Waals surface area contributed by atoms with E-state index in [1.54, 1.807) is 12.1 Å².